The average molecular weight is 463 g/mol. The molecule has 0 N–H and O–H groups in total. The monoisotopic (exact) mass is 462 g/mol. The number of imidazole rings is 1. The van der Waals surface area contributed by atoms with E-state index in [0.29, 0.717) is 0 Å². The Morgan fingerprint density at radius 3 is 2.47 bits per heavy atom. The summed E-state index contributed by atoms with van der Waals surface area (Å²) in [6.45, 7) is 3.42. The summed E-state index contributed by atoms with van der Waals surface area (Å²) in [5.74, 6) is -4.72. The second kappa shape index (κ2) is 10.5. The molecule has 1 saturated heterocycles. The van der Waals surface area contributed by atoms with Crippen LogP contribution < -0.4 is 0 Å². The predicted octanol–water partition coefficient (Wildman–Crippen LogP) is 2.51. The molecule has 9 nitrogen and oxygen atoms in total. The molecule has 0 aliphatic carbocycles. The third-order valence-electron chi connectivity index (χ3n) is 5.38. The summed E-state index contributed by atoms with van der Waals surface area (Å²) < 4.78 is 17.5. The van der Waals surface area contributed by atoms with Crippen molar-refractivity contribution < 1.29 is 33.4 Å². The second-order valence-corrected chi connectivity index (χ2v) is 8.39. The molecule has 0 spiro atoms. The van der Waals surface area contributed by atoms with Crippen LogP contribution in [0.5, 0.6) is 0 Å². The van der Waals surface area contributed by atoms with Gasteiger partial charge in [0.2, 0.25) is 0 Å². The molecule has 0 amide bonds. The first-order valence-corrected chi connectivity index (χ1v) is 11.3. The average Bonchev–Trinajstić information content (AvgIpc) is 3.48. The summed E-state index contributed by atoms with van der Waals surface area (Å²) in [6.07, 6.45) is 2.18. The maximum absolute atomic E-state index is 13.0. The van der Waals surface area contributed by atoms with E-state index < -0.39 is 41.8 Å². The first-order valence-electron chi connectivity index (χ1n) is 10.4. The zero-order chi connectivity index (χ0) is 23.3. The van der Waals surface area contributed by atoms with Crippen LogP contribution >= 0.6 is 11.3 Å². The first-order chi connectivity index (χ1) is 15.4. The molecule has 1 aliphatic heterocycles. The zero-order valence-corrected chi connectivity index (χ0v) is 19.0. The van der Waals surface area contributed by atoms with Gasteiger partial charge in [-0.15, -0.1) is 11.3 Å². The summed E-state index contributed by atoms with van der Waals surface area (Å²) in [5.41, 5.74) is 0. The van der Waals surface area contributed by atoms with Crippen molar-refractivity contribution in [3.8, 4) is 0 Å². The minimum atomic E-state index is -1.32. The van der Waals surface area contributed by atoms with Crippen LogP contribution in [0, 0.1) is 11.8 Å². The Kier molecular flexibility index (Phi) is 7.79. The molecule has 10 heteroatoms. The van der Waals surface area contributed by atoms with Crippen molar-refractivity contribution in [3.05, 3.63) is 40.6 Å². The van der Waals surface area contributed by atoms with Gasteiger partial charge in [0.1, 0.15) is 6.10 Å². The van der Waals surface area contributed by atoms with E-state index in [4.69, 9.17) is 14.2 Å². The summed E-state index contributed by atoms with van der Waals surface area (Å²) in [5, 5.41) is 1.85. The Morgan fingerprint density at radius 2 is 1.94 bits per heavy atom. The third-order valence-corrected chi connectivity index (χ3v) is 6.39. The number of esters is 3. The fourth-order valence-corrected chi connectivity index (χ4v) is 4.86. The topological polar surface area (TPSA) is 114 Å². The minimum Gasteiger partial charge on any atom is -0.465 e. The van der Waals surface area contributed by atoms with Gasteiger partial charge in [-0.25, -0.2) is 4.98 Å². The van der Waals surface area contributed by atoms with E-state index in [9.17, 15) is 19.2 Å². The molecule has 0 radical (unpaired) electrons. The van der Waals surface area contributed by atoms with E-state index in [1.54, 1.807) is 31.7 Å². The van der Waals surface area contributed by atoms with Gasteiger partial charge in [-0.2, -0.15) is 0 Å². The van der Waals surface area contributed by atoms with Crippen LogP contribution in [-0.2, 0) is 35.6 Å². The Hall–Kier alpha value is -3.01. The van der Waals surface area contributed by atoms with Crippen molar-refractivity contribution in [2.24, 2.45) is 18.9 Å². The number of aromatic nitrogens is 2. The highest BCUT2D eigenvalue weighted by Gasteiger charge is 2.51. The van der Waals surface area contributed by atoms with E-state index >= 15 is 0 Å². The molecule has 0 bridgehead atoms. The van der Waals surface area contributed by atoms with Gasteiger partial charge in [-0.05, 0) is 25.3 Å². The molecule has 172 valence electrons. The van der Waals surface area contributed by atoms with Crippen LogP contribution in [0.2, 0.25) is 0 Å². The molecule has 2 aromatic rings. The second-order valence-electron chi connectivity index (χ2n) is 7.42. The summed E-state index contributed by atoms with van der Waals surface area (Å²) in [4.78, 5) is 55.7. The highest BCUT2D eigenvalue weighted by Crippen LogP contribution is 2.42. The Balaban J connectivity index is 1.96. The molecule has 3 rings (SSSR count). The number of cyclic esters (lactones) is 1. The van der Waals surface area contributed by atoms with Gasteiger partial charge in [0.05, 0.1) is 19.6 Å². The summed E-state index contributed by atoms with van der Waals surface area (Å²) in [6, 6.07) is 3.67. The van der Waals surface area contributed by atoms with Crippen molar-refractivity contribution in [2.45, 2.75) is 38.7 Å². The van der Waals surface area contributed by atoms with Crippen molar-refractivity contribution in [1.82, 2.24) is 9.55 Å². The maximum atomic E-state index is 13.0. The molecular formula is C22H26N2O7S. The van der Waals surface area contributed by atoms with Crippen LogP contribution in [0.4, 0.5) is 0 Å². The lowest BCUT2D eigenvalue weighted by molar-refractivity contribution is -0.166. The lowest BCUT2D eigenvalue weighted by Gasteiger charge is -2.29. The molecule has 0 saturated carbocycles. The number of hydrogen-bond donors (Lipinski definition) is 0. The molecule has 32 heavy (non-hydrogen) atoms. The molecule has 2 aromatic heterocycles. The van der Waals surface area contributed by atoms with Crippen LogP contribution in [0.25, 0.3) is 0 Å². The fraction of sp³-hybridized carbons (Fsp3) is 0.500. The van der Waals surface area contributed by atoms with Gasteiger partial charge < -0.3 is 18.8 Å². The molecule has 3 heterocycles. The highest BCUT2D eigenvalue weighted by atomic mass is 32.1. The zero-order valence-electron chi connectivity index (χ0n) is 18.2. The lowest BCUT2D eigenvalue weighted by atomic mass is 9.79. The quantitative estimate of drug-likeness (QED) is 0.229. The van der Waals surface area contributed by atoms with Crippen molar-refractivity contribution in [1.29, 1.82) is 0 Å². The van der Waals surface area contributed by atoms with Gasteiger partial charge >= 0.3 is 17.9 Å². The smallest absolute Gasteiger partial charge is 0.320 e. The highest BCUT2D eigenvalue weighted by molar-refractivity contribution is 7.10. The van der Waals surface area contributed by atoms with Gasteiger partial charge in [-0.1, -0.05) is 6.07 Å². The van der Waals surface area contributed by atoms with E-state index in [0.717, 1.165) is 4.88 Å². The summed E-state index contributed by atoms with van der Waals surface area (Å²) in [7, 11) is 1.72. The van der Waals surface area contributed by atoms with Crippen molar-refractivity contribution in [2.75, 3.05) is 13.2 Å². The Bertz CT molecular complexity index is 951. The van der Waals surface area contributed by atoms with E-state index in [1.165, 1.54) is 17.5 Å². The van der Waals surface area contributed by atoms with Crippen LogP contribution in [-0.4, -0.2) is 52.6 Å². The van der Waals surface area contributed by atoms with Crippen molar-refractivity contribution >= 4 is 35.0 Å². The van der Waals surface area contributed by atoms with Crippen LogP contribution in [0.1, 0.15) is 48.1 Å². The number of carbonyl (C=O) groups is 4. The van der Waals surface area contributed by atoms with E-state index in [-0.39, 0.29) is 37.7 Å². The third kappa shape index (κ3) is 5.07. The van der Waals surface area contributed by atoms with E-state index in [2.05, 4.69) is 4.98 Å². The van der Waals surface area contributed by atoms with Crippen molar-refractivity contribution in [3.63, 3.8) is 0 Å². The number of thiophene rings is 1. The van der Waals surface area contributed by atoms with Gasteiger partial charge in [0.25, 0.3) is 0 Å². The number of carbonyl (C=O) groups excluding carboxylic acids is 4. The molecular weight excluding hydrogens is 436 g/mol. The van der Waals surface area contributed by atoms with Gasteiger partial charge in [-0.3, -0.25) is 19.2 Å². The predicted molar refractivity (Wildman–Crippen MR) is 114 cm³/mol. The van der Waals surface area contributed by atoms with E-state index in [1.807, 2.05) is 17.5 Å². The molecule has 1 aliphatic rings. The SMILES string of the molecule is CCOC(=O)C(C(=O)OCC)C1CC(=O)O[C@@H]1[C@@H](CC(=O)c1nccn1C)c1cccs1. The largest absolute Gasteiger partial charge is 0.465 e. The van der Waals surface area contributed by atoms with Crippen LogP contribution in [0.3, 0.4) is 0 Å². The number of rotatable bonds is 10. The Labute approximate surface area is 189 Å². The van der Waals surface area contributed by atoms with Gasteiger partial charge in [0, 0.05) is 42.6 Å². The Morgan fingerprint density at radius 1 is 1.25 bits per heavy atom. The summed E-state index contributed by atoms with van der Waals surface area (Å²) >= 11 is 1.41. The fourth-order valence-electron chi connectivity index (χ4n) is 4.00. The molecule has 1 fully saturated rings. The normalized spacial score (nSPS) is 18.9. The molecule has 0 aromatic carbocycles. The lowest BCUT2D eigenvalue weighted by Crippen LogP contribution is -2.40. The number of Topliss-reactive ketones (excluding diaryl/α,β-unsaturated/α-hetero) is 1. The number of hydrogen-bond acceptors (Lipinski definition) is 9. The van der Waals surface area contributed by atoms with Gasteiger partial charge in [0.15, 0.2) is 17.5 Å². The number of nitrogens with zero attached hydrogens (tertiary/aromatic N) is 2. The standard InChI is InChI=1S/C22H26N2O7S/c1-4-29-21(27)18(22(28)30-5-2)14-12-17(26)31-19(14)13(16-7-6-10-32-16)11-15(25)20-23-8-9-24(20)3/h6-10,13-14,18-19H,4-5,11-12H2,1-3H3/t13-,14?,19+/m0/s1. The molecule has 1 unspecified atom stereocenters. The number of ether oxygens (including phenoxy) is 3. The number of ketones is 1. The number of aryl methyl sites for hydroxylation is 1. The molecule has 3 atom stereocenters. The minimum absolute atomic E-state index is 0.00180. The maximum Gasteiger partial charge on any atom is 0.320 e. The first kappa shape index (κ1) is 23.6. The van der Waals surface area contributed by atoms with Crippen LogP contribution in [0.15, 0.2) is 29.9 Å².